The predicted molar refractivity (Wildman–Crippen MR) is 74.5 cm³/mol. The Kier molecular flexibility index (Phi) is 2.87. The molecule has 0 aromatic carbocycles. The summed E-state index contributed by atoms with van der Waals surface area (Å²) in [4.78, 5) is 25.7. The van der Waals surface area contributed by atoms with Gasteiger partial charge in [-0.3, -0.25) is 9.36 Å². The summed E-state index contributed by atoms with van der Waals surface area (Å²) in [6.07, 6.45) is 4.75. The summed E-state index contributed by atoms with van der Waals surface area (Å²) in [6, 6.07) is 1.65. The lowest BCUT2D eigenvalue weighted by atomic mass is 10.2. The van der Waals surface area contributed by atoms with Gasteiger partial charge in [-0.05, 0) is 30.9 Å². The van der Waals surface area contributed by atoms with Crippen LogP contribution in [0.25, 0.3) is 10.2 Å². The molecule has 19 heavy (non-hydrogen) atoms. The highest BCUT2D eigenvalue weighted by Crippen LogP contribution is 2.21. The number of aromatic nitrogens is 4. The smallest absolute Gasteiger partial charge is 0.262 e. The van der Waals surface area contributed by atoms with Crippen molar-refractivity contribution in [2.75, 3.05) is 0 Å². The molecule has 0 spiro atoms. The second-order valence-electron chi connectivity index (χ2n) is 4.37. The summed E-state index contributed by atoms with van der Waals surface area (Å²) in [7, 11) is 0. The zero-order valence-corrected chi connectivity index (χ0v) is 11.4. The third kappa shape index (κ3) is 1.94. The number of hydrogen-bond acceptors (Lipinski definition) is 5. The number of fused-ring (bicyclic) bond motifs is 1. The van der Waals surface area contributed by atoms with E-state index in [1.807, 2.05) is 25.3 Å². The van der Waals surface area contributed by atoms with E-state index in [-0.39, 0.29) is 11.6 Å². The number of rotatable bonds is 2. The Balaban J connectivity index is 2.18. The molecular formula is C13H12N4OS. The highest BCUT2D eigenvalue weighted by Gasteiger charge is 2.14. The van der Waals surface area contributed by atoms with E-state index in [0.717, 1.165) is 16.1 Å². The third-order valence-electron chi connectivity index (χ3n) is 3.15. The largest absolute Gasteiger partial charge is 0.290 e. The van der Waals surface area contributed by atoms with Crippen molar-refractivity contribution in [1.82, 2.24) is 19.5 Å². The van der Waals surface area contributed by atoms with Crippen LogP contribution in [0.1, 0.15) is 24.2 Å². The Hall–Kier alpha value is -2.08. The second-order valence-corrected chi connectivity index (χ2v) is 5.22. The van der Waals surface area contributed by atoms with Crippen molar-refractivity contribution in [3.63, 3.8) is 0 Å². The van der Waals surface area contributed by atoms with E-state index in [4.69, 9.17) is 0 Å². The van der Waals surface area contributed by atoms with E-state index in [2.05, 4.69) is 15.0 Å². The molecule has 0 saturated carbocycles. The van der Waals surface area contributed by atoms with E-state index in [1.54, 1.807) is 17.1 Å². The van der Waals surface area contributed by atoms with Crippen LogP contribution in [-0.2, 0) is 0 Å². The van der Waals surface area contributed by atoms with Crippen molar-refractivity contribution in [2.45, 2.75) is 19.9 Å². The fourth-order valence-corrected chi connectivity index (χ4v) is 2.93. The van der Waals surface area contributed by atoms with Crippen LogP contribution in [0.2, 0.25) is 0 Å². The zero-order chi connectivity index (χ0) is 13.4. The minimum atomic E-state index is -0.160. The summed E-state index contributed by atoms with van der Waals surface area (Å²) in [5.74, 6) is 0. The molecule has 3 aromatic rings. The van der Waals surface area contributed by atoms with Gasteiger partial charge in [-0.25, -0.2) is 15.0 Å². The first-order chi connectivity index (χ1) is 9.18. The van der Waals surface area contributed by atoms with Crippen LogP contribution in [0.5, 0.6) is 0 Å². The molecule has 0 radical (unpaired) electrons. The SMILES string of the molecule is Cc1csc2ncn(C(C)c3ccncn3)c(=O)c12. The molecule has 0 bridgehead atoms. The molecule has 6 heteroatoms. The topological polar surface area (TPSA) is 60.7 Å². The molecule has 0 aliphatic rings. The average molecular weight is 272 g/mol. The number of hydrogen-bond donors (Lipinski definition) is 0. The van der Waals surface area contributed by atoms with Gasteiger partial charge in [0.25, 0.3) is 5.56 Å². The highest BCUT2D eigenvalue weighted by molar-refractivity contribution is 7.16. The Morgan fingerprint density at radius 3 is 2.95 bits per heavy atom. The number of nitrogens with zero attached hydrogens (tertiary/aromatic N) is 4. The molecule has 0 fully saturated rings. The van der Waals surface area contributed by atoms with Crippen molar-refractivity contribution in [3.8, 4) is 0 Å². The van der Waals surface area contributed by atoms with Crippen molar-refractivity contribution in [2.24, 2.45) is 0 Å². The lowest BCUT2D eigenvalue weighted by Gasteiger charge is -2.13. The molecule has 3 heterocycles. The lowest BCUT2D eigenvalue weighted by molar-refractivity contribution is 0.591. The molecule has 5 nitrogen and oxygen atoms in total. The molecule has 3 rings (SSSR count). The molecule has 0 aliphatic heterocycles. The van der Waals surface area contributed by atoms with Crippen LogP contribution in [0.3, 0.4) is 0 Å². The Bertz CT molecular complexity index is 778. The van der Waals surface area contributed by atoms with Crippen LogP contribution in [-0.4, -0.2) is 19.5 Å². The van der Waals surface area contributed by atoms with Crippen molar-refractivity contribution in [3.05, 3.63) is 51.9 Å². The van der Waals surface area contributed by atoms with Crippen LogP contribution >= 0.6 is 11.3 Å². The Morgan fingerprint density at radius 2 is 2.21 bits per heavy atom. The molecule has 0 aliphatic carbocycles. The predicted octanol–water partition coefficient (Wildman–Crippen LogP) is 2.17. The summed E-state index contributed by atoms with van der Waals surface area (Å²) < 4.78 is 1.62. The molecule has 0 N–H and O–H groups in total. The van der Waals surface area contributed by atoms with Gasteiger partial charge in [-0.15, -0.1) is 11.3 Å². The van der Waals surface area contributed by atoms with Gasteiger partial charge in [0, 0.05) is 6.20 Å². The van der Waals surface area contributed by atoms with Gasteiger partial charge in [0.1, 0.15) is 11.2 Å². The standard InChI is InChI=1S/C13H12N4OS/c1-8-5-19-12-11(8)13(18)17(7-16-12)9(2)10-3-4-14-6-15-10/h3-7,9H,1-2H3. The quantitative estimate of drug-likeness (QED) is 0.717. The molecule has 1 unspecified atom stereocenters. The van der Waals surface area contributed by atoms with Gasteiger partial charge in [0.15, 0.2) is 0 Å². The zero-order valence-electron chi connectivity index (χ0n) is 10.6. The van der Waals surface area contributed by atoms with Crippen LogP contribution in [0, 0.1) is 6.92 Å². The van der Waals surface area contributed by atoms with Gasteiger partial charge in [0.05, 0.1) is 23.4 Å². The summed E-state index contributed by atoms with van der Waals surface area (Å²) in [5.41, 5.74) is 1.75. The normalized spacial score (nSPS) is 12.7. The van der Waals surface area contributed by atoms with Crippen molar-refractivity contribution in [1.29, 1.82) is 0 Å². The molecule has 3 aromatic heterocycles. The van der Waals surface area contributed by atoms with E-state index in [9.17, 15) is 4.79 Å². The van der Waals surface area contributed by atoms with Gasteiger partial charge in [0.2, 0.25) is 0 Å². The molecule has 0 saturated heterocycles. The minimum absolute atomic E-state index is 0.0186. The first kappa shape index (κ1) is 12.0. The molecular weight excluding hydrogens is 260 g/mol. The lowest BCUT2D eigenvalue weighted by Crippen LogP contribution is -2.24. The van der Waals surface area contributed by atoms with Crippen LogP contribution < -0.4 is 5.56 Å². The molecule has 0 amide bonds. The van der Waals surface area contributed by atoms with E-state index in [1.165, 1.54) is 17.7 Å². The maximum Gasteiger partial charge on any atom is 0.262 e. The van der Waals surface area contributed by atoms with Gasteiger partial charge >= 0.3 is 0 Å². The number of aryl methyl sites for hydroxylation is 1. The Morgan fingerprint density at radius 1 is 1.37 bits per heavy atom. The van der Waals surface area contributed by atoms with Gasteiger partial charge < -0.3 is 0 Å². The molecule has 96 valence electrons. The summed E-state index contributed by atoms with van der Waals surface area (Å²) in [5, 5.41) is 2.66. The van der Waals surface area contributed by atoms with Crippen LogP contribution in [0.4, 0.5) is 0 Å². The fraction of sp³-hybridized carbons (Fsp3) is 0.231. The Labute approximate surface area is 113 Å². The van der Waals surface area contributed by atoms with Gasteiger partial charge in [-0.2, -0.15) is 0 Å². The minimum Gasteiger partial charge on any atom is -0.290 e. The summed E-state index contributed by atoms with van der Waals surface area (Å²) >= 11 is 1.49. The van der Waals surface area contributed by atoms with Crippen molar-refractivity contribution >= 4 is 21.6 Å². The maximum absolute atomic E-state index is 12.5. The second kappa shape index (κ2) is 4.55. The van der Waals surface area contributed by atoms with E-state index >= 15 is 0 Å². The monoisotopic (exact) mass is 272 g/mol. The van der Waals surface area contributed by atoms with E-state index in [0.29, 0.717) is 5.39 Å². The fourth-order valence-electron chi connectivity index (χ4n) is 2.05. The van der Waals surface area contributed by atoms with E-state index < -0.39 is 0 Å². The third-order valence-corrected chi connectivity index (χ3v) is 4.16. The van der Waals surface area contributed by atoms with Crippen molar-refractivity contribution < 1.29 is 0 Å². The number of thiophene rings is 1. The summed E-state index contributed by atoms with van der Waals surface area (Å²) in [6.45, 7) is 3.86. The first-order valence-corrected chi connectivity index (χ1v) is 6.77. The average Bonchev–Trinajstić information content (AvgIpc) is 2.82. The molecule has 1 atom stereocenters. The first-order valence-electron chi connectivity index (χ1n) is 5.89. The van der Waals surface area contributed by atoms with Gasteiger partial charge in [-0.1, -0.05) is 0 Å². The highest BCUT2D eigenvalue weighted by atomic mass is 32.1. The van der Waals surface area contributed by atoms with Crippen LogP contribution in [0.15, 0.2) is 35.1 Å². The maximum atomic E-state index is 12.5.